The molecule has 1 aliphatic carbocycles. The zero-order valence-corrected chi connectivity index (χ0v) is 15.9. The molecule has 0 aliphatic heterocycles. The summed E-state index contributed by atoms with van der Waals surface area (Å²) in [5.41, 5.74) is 1.88. The average Bonchev–Trinajstić information content (AvgIpc) is 2.97. The molecule has 1 aromatic carbocycles. The zero-order chi connectivity index (χ0) is 18.1. The van der Waals surface area contributed by atoms with Gasteiger partial charge in [-0.3, -0.25) is 4.79 Å². The SMILES string of the molecule is COc1cccc(-c2nc3sc4c(c3c(=O)[nH]2)CCCCCC4)c1OC. The maximum absolute atomic E-state index is 12.9. The molecule has 26 heavy (non-hydrogen) atoms. The fourth-order valence-corrected chi connectivity index (χ4v) is 4.98. The standard InChI is InChI=1S/C20H22N2O3S/c1-24-14-10-7-9-13(17(14)25-2)18-21-19(23)16-12-8-5-3-4-6-11-15(12)26-20(16)22-18/h7,9-10H,3-6,8,11H2,1-2H3,(H,21,22,23). The number of aromatic nitrogens is 2. The number of benzene rings is 1. The molecule has 5 nitrogen and oxygen atoms in total. The van der Waals surface area contributed by atoms with Crippen molar-refractivity contribution in [2.24, 2.45) is 0 Å². The van der Waals surface area contributed by atoms with Gasteiger partial charge in [0.2, 0.25) is 0 Å². The summed E-state index contributed by atoms with van der Waals surface area (Å²) in [5.74, 6) is 1.71. The Morgan fingerprint density at radius 3 is 2.65 bits per heavy atom. The lowest BCUT2D eigenvalue weighted by molar-refractivity contribution is 0.356. The lowest BCUT2D eigenvalue weighted by Gasteiger charge is -2.12. The number of thiophene rings is 1. The van der Waals surface area contributed by atoms with Gasteiger partial charge in [-0.25, -0.2) is 4.98 Å². The normalized spacial score (nSPS) is 14.5. The van der Waals surface area contributed by atoms with E-state index >= 15 is 0 Å². The Morgan fingerprint density at radius 1 is 1.08 bits per heavy atom. The maximum atomic E-state index is 12.9. The predicted molar refractivity (Wildman–Crippen MR) is 105 cm³/mol. The molecule has 0 saturated heterocycles. The van der Waals surface area contributed by atoms with E-state index in [1.165, 1.54) is 29.7 Å². The van der Waals surface area contributed by atoms with Crippen LogP contribution in [0.2, 0.25) is 0 Å². The zero-order valence-electron chi connectivity index (χ0n) is 15.1. The van der Waals surface area contributed by atoms with Crippen LogP contribution in [0.3, 0.4) is 0 Å². The van der Waals surface area contributed by atoms with Gasteiger partial charge in [0.25, 0.3) is 5.56 Å². The van der Waals surface area contributed by atoms with Gasteiger partial charge in [0.1, 0.15) is 10.7 Å². The van der Waals surface area contributed by atoms with Gasteiger partial charge in [0.15, 0.2) is 11.5 Å². The molecule has 2 heterocycles. The highest BCUT2D eigenvalue weighted by Crippen LogP contribution is 2.38. The molecule has 6 heteroatoms. The topological polar surface area (TPSA) is 64.2 Å². The van der Waals surface area contributed by atoms with Crippen LogP contribution in [-0.2, 0) is 12.8 Å². The van der Waals surface area contributed by atoms with Gasteiger partial charge in [-0.2, -0.15) is 0 Å². The van der Waals surface area contributed by atoms with E-state index < -0.39 is 0 Å². The second-order valence-electron chi connectivity index (χ2n) is 6.55. The van der Waals surface area contributed by atoms with Crippen LogP contribution < -0.4 is 15.0 Å². The minimum Gasteiger partial charge on any atom is -0.493 e. The number of nitrogens with one attached hydrogen (secondary N) is 1. The molecule has 1 N–H and O–H groups in total. The second-order valence-corrected chi connectivity index (χ2v) is 7.64. The van der Waals surface area contributed by atoms with Crippen LogP contribution in [0.1, 0.15) is 36.1 Å². The minimum absolute atomic E-state index is 0.0621. The molecule has 2 aromatic heterocycles. The Hall–Kier alpha value is -2.34. The van der Waals surface area contributed by atoms with Crippen molar-refractivity contribution < 1.29 is 9.47 Å². The summed E-state index contributed by atoms with van der Waals surface area (Å²) in [6, 6.07) is 5.58. The number of aromatic amines is 1. The van der Waals surface area contributed by atoms with Crippen LogP contribution >= 0.6 is 11.3 Å². The molecule has 0 amide bonds. The van der Waals surface area contributed by atoms with Crippen LogP contribution in [0.15, 0.2) is 23.0 Å². The van der Waals surface area contributed by atoms with Crippen molar-refractivity contribution >= 4 is 21.6 Å². The molecule has 0 atom stereocenters. The summed E-state index contributed by atoms with van der Waals surface area (Å²) in [7, 11) is 3.19. The lowest BCUT2D eigenvalue weighted by Crippen LogP contribution is -2.11. The van der Waals surface area contributed by atoms with Crippen molar-refractivity contribution in [2.75, 3.05) is 14.2 Å². The highest BCUT2D eigenvalue weighted by atomic mass is 32.1. The molecule has 0 spiro atoms. The van der Waals surface area contributed by atoms with Crippen LogP contribution in [0.5, 0.6) is 11.5 Å². The van der Waals surface area contributed by atoms with Crippen molar-refractivity contribution in [1.82, 2.24) is 9.97 Å². The van der Waals surface area contributed by atoms with Crippen LogP contribution in [0.25, 0.3) is 21.6 Å². The van der Waals surface area contributed by atoms with Gasteiger partial charge < -0.3 is 14.5 Å². The third-order valence-corrected chi connectivity index (χ3v) is 6.17. The van der Waals surface area contributed by atoms with Gasteiger partial charge >= 0.3 is 0 Å². The second kappa shape index (κ2) is 7.11. The average molecular weight is 370 g/mol. The molecule has 3 aromatic rings. The van der Waals surface area contributed by atoms with E-state index in [0.717, 1.165) is 35.0 Å². The molecule has 0 unspecified atom stereocenters. The smallest absolute Gasteiger partial charge is 0.260 e. The van der Waals surface area contributed by atoms with Crippen LogP contribution in [-0.4, -0.2) is 24.2 Å². The number of para-hydroxylation sites is 1. The van der Waals surface area contributed by atoms with E-state index in [4.69, 9.17) is 14.5 Å². The Bertz CT molecular complexity index is 1010. The number of aryl methyl sites for hydroxylation is 2. The number of methoxy groups -OCH3 is 2. The van der Waals surface area contributed by atoms with Gasteiger partial charge in [0.05, 0.1) is 25.2 Å². The first kappa shape index (κ1) is 17.1. The summed E-state index contributed by atoms with van der Waals surface area (Å²) >= 11 is 1.67. The van der Waals surface area contributed by atoms with Crippen LogP contribution in [0.4, 0.5) is 0 Å². The Balaban J connectivity index is 1.90. The first-order chi connectivity index (χ1) is 12.7. The summed E-state index contributed by atoms with van der Waals surface area (Å²) in [5, 5.41) is 0.775. The quantitative estimate of drug-likeness (QED) is 0.745. The molecule has 136 valence electrons. The lowest BCUT2D eigenvalue weighted by atomic mass is 9.98. The van der Waals surface area contributed by atoms with Crippen molar-refractivity contribution in [3.63, 3.8) is 0 Å². The summed E-state index contributed by atoms with van der Waals surface area (Å²) < 4.78 is 10.9. The van der Waals surface area contributed by atoms with E-state index in [0.29, 0.717) is 17.3 Å². The van der Waals surface area contributed by atoms with Crippen LogP contribution in [0, 0.1) is 0 Å². The number of fused-ring (bicyclic) bond motifs is 3. The van der Waals surface area contributed by atoms with E-state index in [-0.39, 0.29) is 5.56 Å². The number of hydrogen-bond acceptors (Lipinski definition) is 5. The van der Waals surface area contributed by atoms with Gasteiger partial charge in [-0.1, -0.05) is 18.9 Å². The molecular formula is C20H22N2O3S. The molecule has 0 saturated carbocycles. The highest BCUT2D eigenvalue weighted by molar-refractivity contribution is 7.18. The third-order valence-electron chi connectivity index (χ3n) is 4.98. The van der Waals surface area contributed by atoms with Crippen molar-refractivity contribution in [2.45, 2.75) is 38.5 Å². The largest absolute Gasteiger partial charge is 0.493 e. The highest BCUT2D eigenvalue weighted by Gasteiger charge is 2.20. The Morgan fingerprint density at radius 2 is 1.88 bits per heavy atom. The molecule has 0 bridgehead atoms. The molecule has 1 aliphatic rings. The van der Waals surface area contributed by atoms with Gasteiger partial charge in [-0.05, 0) is 43.4 Å². The number of H-pyrrole nitrogens is 1. The van der Waals surface area contributed by atoms with E-state index in [9.17, 15) is 4.79 Å². The Labute approximate surface area is 156 Å². The number of rotatable bonds is 3. The van der Waals surface area contributed by atoms with Gasteiger partial charge in [-0.15, -0.1) is 11.3 Å². The predicted octanol–water partition coefficient (Wildman–Crippen LogP) is 4.33. The van der Waals surface area contributed by atoms with Crippen molar-refractivity contribution in [3.05, 3.63) is 39.0 Å². The summed E-state index contributed by atoms with van der Waals surface area (Å²) in [6.07, 6.45) is 6.86. The van der Waals surface area contributed by atoms with Crippen molar-refractivity contribution in [3.8, 4) is 22.9 Å². The molecule has 4 rings (SSSR count). The summed E-state index contributed by atoms with van der Waals surface area (Å²) in [4.78, 5) is 22.8. The first-order valence-electron chi connectivity index (χ1n) is 8.99. The molecule has 0 fully saturated rings. The van der Waals surface area contributed by atoms with Gasteiger partial charge in [0, 0.05) is 4.88 Å². The first-order valence-corrected chi connectivity index (χ1v) is 9.80. The molecular weight excluding hydrogens is 348 g/mol. The van der Waals surface area contributed by atoms with E-state index in [1.807, 2.05) is 18.2 Å². The number of ether oxygens (including phenoxy) is 2. The number of nitrogens with zero attached hydrogens (tertiary/aromatic N) is 1. The maximum Gasteiger partial charge on any atom is 0.260 e. The monoisotopic (exact) mass is 370 g/mol. The summed E-state index contributed by atoms with van der Waals surface area (Å²) in [6.45, 7) is 0. The fourth-order valence-electron chi connectivity index (χ4n) is 3.72. The van der Waals surface area contributed by atoms with E-state index in [1.54, 1.807) is 25.6 Å². The molecule has 0 radical (unpaired) electrons. The third kappa shape index (κ3) is 2.88. The Kier molecular flexibility index (Phi) is 4.68. The van der Waals surface area contributed by atoms with E-state index in [2.05, 4.69) is 4.98 Å². The minimum atomic E-state index is -0.0621. The number of hydrogen-bond donors (Lipinski definition) is 1. The van der Waals surface area contributed by atoms with Crippen molar-refractivity contribution in [1.29, 1.82) is 0 Å². The fraction of sp³-hybridized carbons (Fsp3) is 0.400.